The van der Waals surface area contributed by atoms with Gasteiger partial charge in [0, 0.05) is 50.3 Å². The molecule has 2 aliphatic rings. The molecule has 1 saturated heterocycles. The van der Waals surface area contributed by atoms with E-state index in [9.17, 15) is 9.59 Å². The van der Waals surface area contributed by atoms with Crippen molar-refractivity contribution in [3.05, 3.63) is 17.5 Å². The first-order valence-electron chi connectivity index (χ1n) is 9.94. The SMILES string of the molecule is CN(C)CCCN1CC(C(=O)N2CCc3c(cnn3C(C)(C)C)C2)CC1=O. The number of nitrogens with zero attached hydrogens (tertiary/aromatic N) is 5. The van der Waals surface area contributed by atoms with E-state index in [-0.39, 0.29) is 23.3 Å². The summed E-state index contributed by atoms with van der Waals surface area (Å²) in [5.74, 6) is 0.0362. The Morgan fingerprint density at radius 3 is 2.74 bits per heavy atom. The average molecular weight is 376 g/mol. The van der Waals surface area contributed by atoms with Crippen LogP contribution in [-0.4, -0.2) is 76.6 Å². The van der Waals surface area contributed by atoms with Crippen LogP contribution in [0.5, 0.6) is 0 Å². The molecular formula is C20H33N5O2. The smallest absolute Gasteiger partial charge is 0.228 e. The molecule has 0 aromatic carbocycles. The fraction of sp³-hybridized carbons (Fsp3) is 0.750. The lowest BCUT2D eigenvalue weighted by molar-refractivity contribution is -0.136. The normalized spacial score (nSPS) is 20.5. The predicted molar refractivity (Wildman–Crippen MR) is 104 cm³/mol. The summed E-state index contributed by atoms with van der Waals surface area (Å²) >= 11 is 0. The lowest BCUT2D eigenvalue weighted by atomic mass is 10.0. The van der Waals surface area contributed by atoms with Gasteiger partial charge in [-0.05, 0) is 47.8 Å². The molecule has 3 rings (SSSR count). The van der Waals surface area contributed by atoms with E-state index < -0.39 is 0 Å². The monoisotopic (exact) mass is 375 g/mol. The van der Waals surface area contributed by atoms with Gasteiger partial charge >= 0.3 is 0 Å². The minimum atomic E-state index is -0.198. The van der Waals surface area contributed by atoms with Gasteiger partial charge in [-0.3, -0.25) is 14.3 Å². The van der Waals surface area contributed by atoms with Crippen LogP contribution in [0.4, 0.5) is 0 Å². The third-order valence-electron chi connectivity index (χ3n) is 5.48. The van der Waals surface area contributed by atoms with Gasteiger partial charge in [0.05, 0.1) is 17.7 Å². The Kier molecular flexibility index (Phi) is 5.60. The van der Waals surface area contributed by atoms with Crippen LogP contribution in [0.15, 0.2) is 6.20 Å². The summed E-state index contributed by atoms with van der Waals surface area (Å²) in [5.41, 5.74) is 2.32. The Balaban J connectivity index is 1.59. The van der Waals surface area contributed by atoms with Crippen molar-refractivity contribution < 1.29 is 9.59 Å². The van der Waals surface area contributed by atoms with E-state index in [1.54, 1.807) is 0 Å². The van der Waals surface area contributed by atoms with Crippen LogP contribution < -0.4 is 0 Å². The zero-order valence-electron chi connectivity index (χ0n) is 17.4. The van der Waals surface area contributed by atoms with E-state index in [1.807, 2.05) is 30.1 Å². The number of amides is 2. The Morgan fingerprint density at radius 2 is 2.07 bits per heavy atom. The maximum absolute atomic E-state index is 13.0. The van der Waals surface area contributed by atoms with Crippen LogP contribution in [0.1, 0.15) is 44.9 Å². The topological polar surface area (TPSA) is 61.7 Å². The highest BCUT2D eigenvalue weighted by atomic mass is 16.2. The van der Waals surface area contributed by atoms with E-state index >= 15 is 0 Å². The van der Waals surface area contributed by atoms with Crippen molar-refractivity contribution in [2.24, 2.45) is 5.92 Å². The number of fused-ring (bicyclic) bond motifs is 1. The molecule has 0 aliphatic carbocycles. The van der Waals surface area contributed by atoms with Crippen LogP contribution in [0, 0.1) is 5.92 Å². The molecule has 0 saturated carbocycles. The molecule has 150 valence electrons. The number of hydrogen-bond donors (Lipinski definition) is 0. The van der Waals surface area contributed by atoms with Gasteiger partial charge in [0.1, 0.15) is 0 Å². The second kappa shape index (κ2) is 7.62. The van der Waals surface area contributed by atoms with Crippen molar-refractivity contribution in [3.8, 4) is 0 Å². The molecule has 3 heterocycles. The third-order valence-corrected chi connectivity index (χ3v) is 5.48. The number of rotatable bonds is 5. The van der Waals surface area contributed by atoms with Crippen molar-refractivity contribution in [1.82, 2.24) is 24.5 Å². The molecule has 0 radical (unpaired) electrons. The highest BCUT2D eigenvalue weighted by molar-refractivity contribution is 5.89. The molecule has 1 fully saturated rings. The average Bonchev–Trinajstić information content (AvgIpc) is 3.17. The number of aromatic nitrogens is 2. The zero-order valence-corrected chi connectivity index (χ0v) is 17.4. The van der Waals surface area contributed by atoms with E-state index in [4.69, 9.17) is 0 Å². The quantitative estimate of drug-likeness (QED) is 0.779. The molecule has 2 aliphatic heterocycles. The van der Waals surface area contributed by atoms with Crippen molar-refractivity contribution in [3.63, 3.8) is 0 Å². The fourth-order valence-electron chi connectivity index (χ4n) is 4.09. The van der Waals surface area contributed by atoms with Gasteiger partial charge < -0.3 is 14.7 Å². The summed E-state index contributed by atoms with van der Waals surface area (Å²) in [4.78, 5) is 31.2. The van der Waals surface area contributed by atoms with Gasteiger partial charge in [0.15, 0.2) is 0 Å². The van der Waals surface area contributed by atoms with Gasteiger partial charge in [0.2, 0.25) is 11.8 Å². The summed E-state index contributed by atoms with van der Waals surface area (Å²) in [7, 11) is 4.06. The molecule has 0 bridgehead atoms. The first-order valence-corrected chi connectivity index (χ1v) is 9.94. The molecule has 1 atom stereocenters. The number of hydrogen-bond acceptors (Lipinski definition) is 4. The van der Waals surface area contributed by atoms with Gasteiger partial charge in [-0.15, -0.1) is 0 Å². The minimum absolute atomic E-state index is 0.0509. The van der Waals surface area contributed by atoms with E-state index in [0.717, 1.165) is 31.5 Å². The molecule has 2 amide bonds. The Hall–Kier alpha value is -1.89. The molecular weight excluding hydrogens is 342 g/mol. The summed E-state index contributed by atoms with van der Waals surface area (Å²) in [6.45, 7) is 10.0. The fourth-order valence-corrected chi connectivity index (χ4v) is 4.09. The van der Waals surface area contributed by atoms with Crippen molar-refractivity contribution in [2.45, 2.75) is 52.1 Å². The lowest BCUT2D eigenvalue weighted by Gasteiger charge is -2.31. The first-order chi connectivity index (χ1) is 12.7. The van der Waals surface area contributed by atoms with Crippen LogP contribution in [-0.2, 0) is 28.1 Å². The van der Waals surface area contributed by atoms with Crippen LogP contribution in [0.3, 0.4) is 0 Å². The number of carbonyl (C=O) groups is 2. The molecule has 0 spiro atoms. The van der Waals surface area contributed by atoms with Crippen molar-refractivity contribution in [1.29, 1.82) is 0 Å². The van der Waals surface area contributed by atoms with Crippen LogP contribution in [0.25, 0.3) is 0 Å². The van der Waals surface area contributed by atoms with Gasteiger partial charge in [-0.25, -0.2) is 0 Å². The second-order valence-corrected chi connectivity index (χ2v) is 9.11. The number of likely N-dealkylation sites (tertiary alicyclic amines) is 1. The zero-order chi connectivity index (χ0) is 19.8. The molecule has 1 aromatic rings. The van der Waals surface area contributed by atoms with Crippen molar-refractivity contribution >= 4 is 11.8 Å². The maximum Gasteiger partial charge on any atom is 0.228 e. The van der Waals surface area contributed by atoms with E-state index in [2.05, 4.69) is 35.5 Å². The molecule has 27 heavy (non-hydrogen) atoms. The maximum atomic E-state index is 13.0. The van der Waals surface area contributed by atoms with E-state index in [0.29, 0.717) is 26.1 Å². The molecule has 1 unspecified atom stereocenters. The Morgan fingerprint density at radius 1 is 1.33 bits per heavy atom. The standard InChI is InChI=1S/C20H33N5O2/c1-20(2,3)25-17-7-10-24(14-16(17)12-21-25)19(27)15-11-18(26)23(13-15)9-6-8-22(4)5/h12,15H,6-11,13-14H2,1-5H3. The van der Waals surface area contributed by atoms with Gasteiger partial charge in [0.25, 0.3) is 0 Å². The Bertz CT molecular complexity index is 704. The molecule has 0 N–H and O–H groups in total. The third kappa shape index (κ3) is 4.34. The first kappa shape index (κ1) is 19.9. The summed E-state index contributed by atoms with van der Waals surface area (Å²) < 4.78 is 2.08. The second-order valence-electron chi connectivity index (χ2n) is 9.11. The summed E-state index contributed by atoms with van der Waals surface area (Å²) in [6.07, 6.45) is 4.02. The minimum Gasteiger partial charge on any atom is -0.342 e. The lowest BCUT2D eigenvalue weighted by Crippen LogP contribution is -2.41. The number of carbonyl (C=O) groups excluding carboxylic acids is 2. The largest absolute Gasteiger partial charge is 0.342 e. The van der Waals surface area contributed by atoms with E-state index in [1.165, 1.54) is 5.69 Å². The Labute approximate surface area is 162 Å². The predicted octanol–water partition coefficient (Wildman–Crippen LogP) is 1.32. The summed E-state index contributed by atoms with van der Waals surface area (Å²) in [6, 6.07) is 0. The highest BCUT2D eigenvalue weighted by Gasteiger charge is 2.37. The van der Waals surface area contributed by atoms with Crippen molar-refractivity contribution in [2.75, 3.05) is 40.3 Å². The van der Waals surface area contributed by atoms with Crippen LogP contribution >= 0.6 is 0 Å². The molecule has 7 nitrogen and oxygen atoms in total. The molecule has 1 aromatic heterocycles. The highest BCUT2D eigenvalue weighted by Crippen LogP contribution is 2.27. The van der Waals surface area contributed by atoms with Gasteiger partial charge in [-0.2, -0.15) is 5.10 Å². The molecule has 7 heteroatoms. The van der Waals surface area contributed by atoms with Gasteiger partial charge in [-0.1, -0.05) is 0 Å². The van der Waals surface area contributed by atoms with Crippen LogP contribution in [0.2, 0.25) is 0 Å². The summed E-state index contributed by atoms with van der Waals surface area (Å²) in [5, 5.41) is 4.54.